The number of carbonyl (C=O) groups is 1. The molecule has 2 aromatic carbocycles. The van der Waals surface area contributed by atoms with Crippen molar-refractivity contribution in [3.63, 3.8) is 0 Å². The van der Waals surface area contributed by atoms with Gasteiger partial charge in [-0.15, -0.1) is 0 Å². The maximum Gasteiger partial charge on any atom is 0.229 e. The van der Waals surface area contributed by atoms with Crippen LogP contribution in [0.4, 0.5) is 11.4 Å². The van der Waals surface area contributed by atoms with Crippen molar-refractivity contribution in [3.05, 3.63) is 59.4 Å². The number of benzene rings is 2. The third kappa shape index (κ3) is 4.05. The number of hydrogen-bond donors (Lipinski definition) is 2. The maximum absolute atomic E-state index is 12.5. The van der Waals surface area contributed by atoms with E-state index in [0.29, 0.717) is 11.4 Å². The highest BCUT2D eigenvalue weighted by Crippen LogP contribution is 2.26. The minimum absolute atomic E-state index is 0.128. The first-order valence-corrected chi connectivity index (χ1v) is 9.96. The number of sulfonamides is 1. The van der Waals surface area contributed by atoms with E-state index >= 15 is 0 Å². The summed E-state index contributed by atoms with van der Waals surface area (Å²) in [6.45, 7) is 4.02. The SMILES string of the molecule is Cc1cc2occ(CC(=O)Nc3ccccc3NS(C)(=O)=O)c2cc1C. The summed E-state index contributed by atoms with van der Waals surface area (Å²) in [6, 6.07) is 10.6. The fourth-order valence-electron chi connectivity index (χ4n) is 2.72. The Bertz CT molecular complexity index is 1080. The number of amides is 1. The van der Waals surface area contributed by atoms with Gasteiger partial charge in [0.15, 0.2) is 0 Å². The molecule has 6 nitrogen and oxygen atoms in total. The Morgan fingerprint density at radius 1 is 1.08 bits per heavy atom. The number of para-hydroxylation sites is 2. The van der Waals surface area contributed by atoms with Crippen molar-refractivity contribution in [2.24, 2.45) is 0 Å². The lowest BCUT2D eigenvalue weighted by atomic mass is 10.0. The van der Waals surface area contributed by atoms with Gasteiger partial charge in [0.05, 0.1) is 30.3 Å². The maximum atomic E-state index is 12.5. The van der Waals surface area contributed by atoms with Crippen LogP contribution in [-0.4, -0.2) is 20.6 Å². The molecule has 1 amide bonds. The average Bonchev–Trinajstić information content (AvgIpc) is 2.90. The molecule has 1 aromatic heterocycles. The fraction of sp³-hybridized carbons (Fsp3) is 0.211. The lowest BCUT2D eigenvalue weighted by Gasteiger charge is -2.11. The van der Waals surface area contributed by atoms with E-state index in [9.17, 15) is 13.2 Å². The molecule has 0 saturated heterocycles. The summed E-state index contributed by atoms with van der Waals surface area (Å²) >= 11 is 0. The van der Waals surface area contributed by atoms with Crippen LogP contribution in [0.5, 0.6) is 0 Å². The van der Waals surface area contributed by atoms with Gasteiger partial charge in [-0.1, -0.05) is 12.1 Å². The fourth-order valence-corrected chi connectivity index (χ4v) is 3.30. The summed E-state index contributed by atoms with van der Waals surface area (Å²) in [6.07, 6.45) is 2.78. The van der Waals surface area contributed by atoms with Gasteiger partial charge in [0, 0.05) is 10.9 Å². The number of carbonyl (C=O) groups excluding carboxylic acids is 1. The largest absolute Gasteiger partial charge is 0.464 e. The molecule has 3 rings (SSSR count). The molecule has 26 heavy (non-hydrogen) atoms. The predicted molar refractivity (Wildman–Crippen MR) is 103 cm³/mol. The Kier molecular flexibility index (Phi) is 4.73. The van der Waals surface area contributed by atoms with Gasteiger partial charge in [-0.2, -0.15) is 0 Å². The van der Waals surface area contributed by atoms with E-state index in [0.717, 1.165) is 33.9 Å². The van der Waals surface area contributed by atoms with Crippen molar-refractivity contribution < 1.29 is 17.6 Å². The number of furan rings is 1. The van der Waals surface area contributed by atoms with Crippen LogP contribution in [0.25, 0.3) is 11.0 Å². The molecule has 0 bridgehead atoms. The van der Waals surface area contributed by atoms with E-state index in [1.165, 1.54) is 0 Å². The number of anilines is 2. The van der Waals surface area contributed by atoms with Crippen LogP contribution in [0.15, 0.2) is 47.1 Å². The van der Waals surface area contributed by atoms with Gasteiger partial charge in [-0.05, 0) is 49.2 Å². The van der Waals surface area contributed by atoms with Crippen LogP contribution in [0.2, 0.25) is 0 Å². The van der Waals surface area contributed by atoms with Crippen molar-refractivity contribution in [2.75, 3.05) is 16.3 Å². The highest BCUT2D eigenvalue weighted by atomic mass is 32.2. The van der Waals surface area contributed by atoms with E-state index in [1.807, 2.05) is 26.0 Å². The Labute approximate surface area is 152 Å². The summed E-state index contributed by atoms with van der Waals surface area (Å²) in [5.74, 6) is -0.256. The summed E-state index contributed by atoms with van der Waals surface area (Å²) in [4.78, 5) is 12.5. The molecule has 7 heteroatoms. The second kappa shape index (κ2) is 6.84. The van der Waals surface area contributed by atoms with E-state index in [-0.39, 0.29) is 12.3 Å². The van der Waals surface area contributed by atoms with E-state index in [2.05, 4.69) is 10.0 Å². The van der Waals surface area contributed by atoms with Gasteiger partial charge in [0.25, 0.3) is 0 Å². The molecule has 0 spiro atoms. The molecule has 136 valence electrons. The molecule has 0 aliphatic carbocycles. The van der Waals surface area contributed by atoms with Crippen LogP contribution in [0.1, 0.15) is 16.7 Å². The highest BCUT2D eigenvalue weighted by molar-refractivity contribution is 7.92. The standard InChI is InChI=1S/C19H20N2O4S/c1-12-8-15-14(11-25-18(15)9-13(12)2)10-19(22)20-16-6-4-5-7-17(16)21-26(3,23)24/h4-9,11,21H,10H2,1-3H3,(H,20,22). The van der Waals surface area contributed by atoms with Crippen LogP contribution >= 0.6 is 0 Å². The average molecular weight is 372 g/mol. The minimum atomic E-state index is -3.44. The zero-order valence-corrected chi connectivity index (χ0v) is 15.6. The monoisotopic (exact) mass is 372 g/mol. The quantitative estimate of drug-likeness (QED) is 0.716. The second-order valence-electron chi connectivity index (χ2n) is 6.34. The van der Waals surface area contributed by atoms with Crippen molar-refractivity contribution in [1.29, 1.82) is 0 Å². The predicted octanol–water partition coefficient (Wildman–Crippen LogP) is 3.60. The lowest BCUT2D eigenvalue weighted by Crippen LogP contribution is -2.17. The van der Waals surface area contributed by atoms with Gasteiger partial charge in [0.1, 0.15) is 5.58 Å². The zero-order chi connectivity index (χ0) is 18.9. The third-order valence-corrected chi connectivity index (χ3v) is 4.71. The molecule has 0 aliphatic heterocycles. The molecule has 1 heterocycles. The molecule has 0 fully saturated rings. The van der Waals surface area contributed by atoms with Crippen LogP contribution < -0.4 is 10.0 Å². The number of aryl methyl sites for hydroxylation is 2. The number of fused-ring (bicyclic) bond motifs is 1. The van der Waals surface area contributed by atoms with Gasteiger partial charge in [-0.25, -0.2) is 8.42 Å². The first kappa shape index (κ1) is 18.0. The van der Waals surface area contributed by atoms with Crippen molar-refractivity contribution in [3.8, 4) is 0 Å². The normalized spacial score (nSPS) is 11.5. The van der Waals surface area contributed by atoms with E-state index < -0.39 is 10.0 Å². The Balaban J connectivity index is 1.81. The van der Waals surface area contributed by atoms with Gasteiger partial charge in [-0.3, -0.25) is 9.52 Å². The summed E-state index contributed by atoms with van der Waals surface area (Å²) in [7, 11) is -3.44. The van der Waals surface area contributed by atoms with Crippen LogP contribution in [0, 0.1) is 13.8 Å². The smallest absolute Gasteiger partial charge is 0.229 e. The Morgan fingerprint density at radius 3 is 2.42 bits per heavy atom. The minimum Gasteiger partial charge on any atom is -0.464 e. The Hall–Kier alpha value is -2.80. The Morgan fingerprint density at radius 2 is 1.73 bits per heavy atom. The molecule has 0 atom stereocenters. The third-order valence-electron chi connectivity index (χ3n) is 4.12. The van der Waals surface area contributed by atoms with Crippen molar-refractivity contribution in [1.82, 2.24) is 0 Å². The topological polar surface area (TPSA) is 88.4 Å². The zero-order valence-electron chi connectivity index (χ0n) is 14.8. The lowest BCUT2D eigenvalue weighted by molar-refractivity contribution is -0.115. The van der Waals surface area contributed by atoms with E-state index in [4.69, 9.17) is 4.42 Å². The second-order valence-corrected chi connectivity index (χ2v) is 8.09. The molecule has 0 saturated carbocycles. The molecule has 2 N–H and O–H groups in total. The molecular weight excluding hydrogens is 352 g/mol. The molecule has 0 aliphatic rings. The van der Waals surface area contributed by atoms with Crippen LogP contribution in [0.3, 0.4) is 0 Å². The number of nitrogens with one attached hydrogen (secondary N) is 2. The van der Waals surface area contributed by atoms with Crippen LogP contribution in [-0.2, 0) is 21.2 Å². The van der Waals surface area contributed by atoms with Crippen molar-refractivity contribution in [2.45, 2.75) is 20.3 Å². The summed E-state index contributed by atoms with van der Waals surface area (Å²) in [5, 5.41) is 3.66. The molecule has 0 radical (unpaired) electrons. The van der Waals surface area contributed by atoms with Crippen molar-refractivity contribution >= 4 is 38.3 Å². The summed E-state index contributed by atoms with van der Waals surface area (Å²) in [5.41, 5.74) is 4.52. The van der Waals surface area contributed by atoms with E-state index in [1.54, 1.807) is 30.5 Å². The first-order chi connectivity index (χ1) is 12.2. The van der Waals surface area contributed by atoms with Gasteiger partial charge in [0.2, 0.25) is 15.9 Å². The molecule has 0 unspecified atom stereocenters. The number of rotatable bonds is 5. The highest BCUT2D eigenvalue weighted by Gasteiger charge is 2.14. The van der Waals surface area contributed by atoms with Gasteiger partial charge >= 0.3 is 0 Å². The molecular formula is C19H20N2O4S. The first-order valence-electron chi connectivity index (χ1n) is 8.07. The van der Waals surface area contributed by atoms with Gasteiger partial charge < -0.3 is 9.73 Å². The number of hydrogen-bond acceptors (Lipinski definition) is 4. The summed E-state index contributed by atoms with van der Waals surface area (Å²) < 4.78 is 30.9. The molecule has 3 aromatic rings.